The predicted molar refractivity (Wildman–Crippen MR) is 91.0 cm³/mol. The quantitative estimate of drug-likeness (QED) is 0.682. The molecule has 0 aliphatic carbocycles. The number of aliphatic carboxylic acids is 1. The number of thioether (sulfide) groups is 1. The number of unbranched alkanes of at least 4 members (excludes halogenated alkanes) is 1. The number of carboxylic acids is 1. The fourth-order valence-corrected chi connectivity index (χ4v) is 3.32. The first-order valence-electron chi connectivity index (χ1n) is 7.44. The van der Waals surface area contributed by atoms with Crippen LogP contribution in [0.3, 0.4) is 0 Å². The van der Waals surface area contributed by atoms with Crippen molar-refractivity contribution in [2.24, 2.45) is 0 Å². The lowest BCUT2D eigenvalue weighted by Gasteiger charge is -2.23. The van der Waals surface area contributed by atoms with Gasteiger partial charge in [0.25, 0.3) is 0 Å². The molecule has 118 valence electrons. The SMILES string of the molecule is CNC(C)(CCCCSCc1cc(C)cc(C)c1)C(=O)O. The minimum absolute atomic E-state index is 0.670. The first kappa shape index (κ1) is 18.1. The minimum atomic E-state index is -0.793. The average Bonchev–Trinajstić information content (AvgIpc) is 2.41. The maximum atomic E-state index is 11.2. The van der Waals surface area contributed by atoms with Crippen molar-refractivity contribution in [2.45, 2.75) is 51.3 Å². The lowest BCUT2D eigenvalue weighted by Crippen LogP contribution is -2.47. The van der Waals surface area contributed by atoms with Crippen LogP contribution in [0.15, 0.2) is 18.2 Å². The Kier molecular flexibility index (Phi) is 7.26. The number of carbonyl (C=O) groups is 1. The van der Waals surface area contributed by atoms with Gasteiger partial charge in [-0.15, -0.1) is 0 Å². The Morgan fingerprint density at radius 2 is 1.86 bits per heavy atom. The third kappa shape index (κ3) is 6.10. The van der Waals surface area contributed by atoms with Gasteiger partial charge in [0, 0.05) is 5.75 Å². The van der Waals surface area contributed by atoms with E-state index in [0.29, 0.717) is 6.42 Å². The Morgan fingerprint density at radius 1 is 1.24 bits per heavy atom. The number of rotatable bonds is 9. The molecular weight excluding hydrogens is 282 g/mol. The largest absolute Gasteiger partial charge is 0.480 e. The highest BCUT2D eigenvalue weighted by molar-refractivity contribution is 7.98. The standard InChI is InChI=1S/C17H27NO2S/c1-13-9-14(2)11-15(10-13)12-21-8-6-5-7-17(3,18-4)16(19)20/h9-11,18H,5-8,12H2,1-4H3,(H,19,20). The summed E-state index contributed by atoms with van der Waals surface area (Å²) in [5.41, 5.74) is 3.22. The minimum Gasteiger partial charge on any atom is -0.480 e. The number of aryl methyl sites for hydroxylation is 2. The summed E-state index contributed by atoms with van der Waals surface area (Å²) in [6.07, 6.45) is 2.66. The fourth-order valence-electron chi connectivity index (χ4n) is 2.36. The highest BCUT2D eigenvalue weighted by Crippen LogP contribution is 2.19. The highest BCUT2D eigenvalue weighted by atomic mass is 32.2. The van der Waals surface area contributed by atoms with Gasteiger partial charge in [-0.25, -0.2) is 0 Å². The number of nitrogens with one attached hydrogen (secondary N) is 1. The van der Waals surface area contributed by atoms with Gasteiger partial charge in [-0.2, -0.15) is 11.8 Å². The maximum absolute atomic E-state index is 11.2. The van der Waals surface area contributed by atoms with Crippen LogP contribution in [0.4, 0.5) is 0 Å². The summed E-state index contributed by atoms with van der Waals surface area (Å²) in [5, 5.41) is 12.1. The summed E-state index contributed by atoms with van der Waals surface area (Å²) >= 11 is 1.92. The molecule has 3 nitrogen and oxygen atoms in total. The molecule has 0 fully saturated rings. The molecular formula is C17H27NO2S. The van der Waals surface area contributed by atoms with Crippen LogP contribution < -0.4 is 5.32 Å². The molecule has 0 spiro atoms. The number of benzene rings is 1. The number of hydrogen-bond donors (Lipinski definition) is 2. The van der Waals surface area contributed by atoms with Crippen LogP contribution in [0.25, 0.3) is 0 Å². The smallest absolute Gasteiger partial charge is 0.323 e. The normalized spacial score (nSPS) is 13.9. The van der Waals surface area contributed by atoms with Gasteiger partial charge in [-0.1, -0.05) is 35.7 Å². The molecule has 2 N–H and O–H groups in total. The van der Waals surface area contributed by atoms with E-state index in [0.717, 1.165) is 24.3 Å². The highest BCUT2D eigenvalue weighted by Gasteiger charge is 2.29. The molecule has 4 heteroatoms. The second kappa shape index (κ2) is 8.44. The van der Waals surface area contributed by atoms with E-state index in [4.69, 9.17) is 5.11 Å². The van der Waals surface area contributed by atoms with E-state index < -0.39 is 11.5 Å². The Balaban J connectivity index is 2.24. The molecule has 1 aromatic rings. The van der Waals surface area contributed by atoms with E-state index in [1.54, 1.807) is 14.0 Å². The Hall–Kier alpha value is -1.00. The molecule has 0 radical (unpaired) electrons. The molecule has 0 saturated carbocycles. The van der Waals surface area contributed by atoms with Gasteiger partial charge >= 0.3 is 5.97 Å². The molecule has 1 atom stereocenters. The third-order valence-corrected chi connectivity index (χ3v) is 4.90. The Labute approximate surface area is 132 Å². The van der Waals surface area contributed by atoms with Gasteiger partial charge in [0.2, 0.25) is 0 Å². The molecule has 1 rings (SSSR count). The van der Waals surface area contributed by atoms with Gasteiger partial charge in [-0.05, 0) is 52.0 Å². The van der Waals surface area contributed by atoms with Crippen molar-refractivity contribution in [3.63, 3.8) is 0 Å². The van der Waals surface area contributed by atoms with Crippen LogP contribution >= 0.6 is 11.8 Å². The van der Waals surface area contributed by atoms with E-state index in [2.05, 4.69) is 37.4 Å². The van der Waals surface area contributed by atoms with Gasteiger partial charge in [0.05, 0.1) is 0 Å². The zero-order valence-electron chi connectivity index (χ0n) is 13.5. The van der Waals surface area contributed by atoms with E-state index >= 15 is 0 Å². The van der Waals surface area contributed by atoms with Crippen LogP contribution in [0.2, 0.25) is 0 Å². The first-order chi connectivity index (χ1) is 9.87. The van der Waals surface area contributed by atoms with E-state index in [-0.39, 0.29) is 0 Å². The van der Waals surface area contributed by atoms with Crippen LogP contribution in [0.1, 0.15) is 42.9 Å². The topological polar surface area (TPSA) is 49.3 Å². The summed E-state index contributed by atoms with van der Waals surface area (Å²) in [7, 11) is 1.71. The molecule has 21 heavy (non-hydrogen) atoms. The summed E-state index contributed by atoms with van der Waals surface area (Å²) in [4.78, 5) is 11.2. The lowest BCUT2D eigenvalue weighted by atomic mass is 9.95. The monoisotopic (exact) mass is 309 g/mol. The molecule has 1 unspecified atom stereocenters. The molecule has 0 amide bonds. The van der Waals surface area contributed by atoms with Crippen molar-refractivity contribution in [1.82, 2.24) is 5.32 Å². The van der Waals surface area contributed by atoms with E-state index in [1.807, 2.05) is 11.8 Å². The zero-order valence-corrected chi connectivity index (χ0v) is 14.3. The van der Waals surface area contributed by atoms with Crippen molar-refractivity contribution in [3.8, 4) is 0 Å². The molecule has 0 heterocycles. The van der Waals surface area contributed by atoms with Crippen molar-refractivity contribution in [3.05, 3.63) is 34.9 Å². The second-order valence-electron chi connectivity index (χ2n) is 5.89. The van der Waals surface area contributed by atoms with Crippen molar-refractivity contribution < 1.29 is 9.90 Å². The van der Waals surface area contributed by atoms with E-state index in [9.17, 15) is 4.79 Å². The van der Waals surface area contributed by atoms with Crippen LogP contribution in [-0.4, -0.2) is 29.4 Å². The van der Waals surface area contributed by atoms with Crippen LogP contribution in [0, 0.1) is 13.8 Å². The summed E-state index contributed by atoms with van der Waals surface area (Å²) < 4.78 is 0. The van der Waals surface area contributed by atoms with Gasteiger partial charge in [0.15, 0.2) is 0 Å². The van der Waals surface area contributed by atoms with Gasteiger partial charge in [0.1, 0.15) is 5.54 Å². The van der Waals surface area contributed by atoms with Crippen molar-refractivity contribution in [1.29, 1.82) is 0 Å². The third-order valence-electron chi connectivity index (χ3n) is 3.79. The summed E-state index contributed by atoms with van der Waals surface area (Å²) in [5.74, 6) is 1.34. The van der Waals surface area contributed by atoms with Gasteiger partial charge < -0.3 is 10.4 Å². The van der Waals surface area contributed by atoms with Crippen molar-refractivity contribution >= 4 is 17.7 Å². The summed E-state index contributed by atoms with van der Waals surface area (Å²) in [6, 6.07) is 6.67. The summed E-state index contributed by atoms with van der Waals surface area (Å²) in [6.45, 7) is 6.01. The number of likely N-dealkylation sites (N-methyl/N-ethyl adjacent to an activating group) is 1. The van der Waals surface area contributed by atoms with Crippen LogP contribution in [0.5, 0.6) is 0 Å². The molecule has 0 aliphatic rings. The molecule has 0 saturated heterocycles. The average molecular weight is 309 g/mol. The zero-order chi connectivity index (χ0) is 15.9. The van der Waals surface area contributed by atoms with Gasteiger partial charge in [-0.3, -0.25) is 4.79 Å². The molecule has 1 aromatic carbocycles. The number of carboxylic acid groups (broad SMARTS) is 1. The molecule has 0 aromatic heterocycles. The number of hydrogen-bond acceptors (Lipinski definition) is 3. The maximum Gasteiger partial charge on any atom is 0.323 e. The Morgan fingerprint density at radius 3 is 2.38 bits per heavy atom. The van der Waals surface area contributed by atoms with E-state index in [1.165, 1.54) is 16.7 Å². The van der Waals surface area contributed by atoms with Crippen LogP contribution in [-0.2, 0) is 10.5 Å². The Bertz CT molecular complexity index is 456. The second-order valence-corrected chi connectivity index (χ2v) is 7.00. The predicted octanol–water partition coefficient (Wildman–Crippen LogP) is 3.77. The van der Waals surface area contributed by atoms with Crippen molar-refractivity contribution in [2.75, 3.05) is 12.8 Å². The fraction of sp³-hybridized carbons (Fsp3) is 0.588. The molecule has 0 bridgehead atoms. The molecule has 0 aliphatic heterocycles. The lowest BCUT2D eigenvalue weighted by molar-refractivity contribution is -0.144. The first-order valence-corrected chi connectivity index (χ1v) is 8.60.